The van der Waals surface area contributed by atoms with Gasteiger partial charge in [0.2, 0.25) is 11.8 Å². The van der Waals surface area contributed by atoms with E-state index in [9.17, 15) is 9.59 Å². The molecule has 1 aromatic rings. The Morgan fingerprint density at radius 3 is 2.45 bits per heavy atom. The van der Waals surface area contributed by atoms with Crippen molar-refractivity contribution >= 4 is 17.4 Å². The van der Waals surface area contributed by atoms with Crippen LogP contribution < -0.4 is 0 Å². The molecule has 0 spiro atoms. The summed E-state index contributed by atoms with van der Waals surface area (Å²) >= 11 is 0. The molecular formula is C16H18N2O2. The van der Waals surface area contributed by atoms with Gasteiger partial charge in [-0.3, -0.25) is 19.4 Å². The molecule has 4 heteroatoms. The third-order valence-electron chi connectivity index (χ3n) is 4.18. The summed E-state index contributed by atoms with van der Waals surface area (Å²) in [4.78, 5) is 27.0. The fraction of sp³-hybridized carbons (Fsp3) is 0.375. The number of rotatable bonds is 2. The maximum Gasteiger partial charge on any atom is 0.246 e. The first-order valence-electron chi connectivity index (χ1n) is 6.95. The van der Waals surface area contributed by atoms with Crippen LogP contribution in [0.2, 0.25) is 0 Å². The van der Waals surface area contributed by atoms with E-state index in [0.29, 0.717) is 6.42 Å². The Labute approximate surface area is 118 Å². The monoisotopic (exact) mass is 270 g/mol. The highest BCUT2D eigenvalue weighted by Gasteiger charge is 2.39. The van der Waals surface area contributed by atoms with Gasteiger partial charge >= 0.3 is 0 Å². The number of carbonyl (C=O) groups is 2. The van der Waals surface area contributed by atoms with Gasteiger partial charge in [-0.2, -0.15) is 0 Å². The van der Waals surface area contributed by atoms with Gasteiger partial charge in [0.25, 0.3) is 0 Å². The van der Waals surface area contributed by atoms with Crippen molar-refractivity contribution in [2.24, 2.45) is 0 Å². The largest absolute Gasteiger partial charge is 0.287 e. The minimum Gasteiger partial charge on any atom is -0.287 e. The highest BCUT2D eigenvalue weighted by molar-refractivity contribution is 6.05. The third-order valence-corrected chi connectivity index (χ3v) is 4.18. The van der Waals surface area contributed by atoms with E-state index in [1.165, 1.54) is 16.0 Å². The van der Waals surface area contributed by atoms with Crippen LogP contribution in [0.4, 0.5) is 0 Å². The zero-order valence-corrected chi connectivity index (χ0v) is 11.6. The Bertz CT molecular complexity index is 565. The van der Waals surface area contributed by atoms with Crippen molar-refractivity contribution < 1.29 is 9.59 Å². The molecule has 0 unspecified atom stereocenters. The molecule has 1 fully saturated rings. The molecule has 0 N–H and O–H groups in total. The van der Waals surface area contributed by atoms with Crippen LogP contribution in [0.5, 0.6) is 0 Å². The molecule has 20 heavy (non-hydrogen) atoms. The summed E-state index contributed by atoms with van der Waals surface area (Å²) in [5, 5.41) is 0. The molecular weight excluding hydrogens is 252 g/mol. The molecule has 2 aliphatic rings. The summed E-state index contributed by atoms with van der Waals surface area (Å²) in [5.74, 6) is -0.135. The molecule has 1 aromatic carbocycles. The molecule has 1 saturated heterocycles. The van der Waals surface area contributed by atoms with E-state index in [1.54, 1.807) is 7.05 Å². The van der Waals surface area contributed by atoms with E-state index >= 15 is 0 Å². The topological polar surface area (TPSA) is 40.6 Å². The van der Waals surface area contributed by atoms with Crippen LogP contribution >= 0.6 is 0 Å². The third kappa shape index (κ3) is 2.27. The fourth-order valence-corrected chi connectivity index (χ4v) is 2.90. The van der Waals surface area contributed by atoms with Gasteiger partial charge in [-0.15, -0.1) is 0 Å². The van der Waals surface area contributed by atoms with Crippen LogP contribution in [0, 0.1) is 0 Å². The summed E-state index contributed by atoms with van der Waals surface area (Å²) in [6.45, 7) is 1.57. The summed E-state index contributed by atoms with van der Waals surface area (Å²) in [5.41, 5.74) is 2.57. The molecule has 104 valence electrons. The molecule has 0 saturated carbocycles. The highest BCUT2D eigenvalue weighted by atomic mass is 16.2. The number of carbonyl (C=O) groups excluding carboxylic acids is 2. The standard InChI is InChI=1S/C16H18N2O2/c1-17-15(19)11-14(16(17)20)18-9-7-13(8-10-18)12-5-3-2-4-6-12/h2-7,14H,8-11H2,1H3/t14-/m1/s1. The summed E-state index contributed by atoms with van der Waals surface area (Å²) < 4.78 is 0. The number of imide groups is 1. The highest BCUT2D eigenvalue weighted by Crippen LogP contribution is 2.26. The lowest BCUT2D eigenvalue weighted by Crippen LogP contribution is -2.43. The quantitative estimate of drug-likeness (QED) is 0.765. The van der Waals surface area contributed by atoms with Crippen LogP contribution in [-0.4, -0.2) is 47.8 Å². The minimum atomic E-state index is -0.263. The first-order valence-corrected chi connectivity index (χ1v) is 6.95. The van der Waals surface area contributed by atoms with Gasteiger partial charge in [0.05, 0.1) is 12.5 Å². The molecule has 4 nitrogen and oxygen atoms in total. The summed E-state index contributed by atoms with van der Waals surface area (Å²) in [6.07, 6.45) is 3.42. The number of benzene rings is 1. The lowest BCUT2D eigenvalue weighted by atomic mass is 9.98. The van der Waals surface area contributed by atoms with Crippen LogP contribution in [0.25, 0.3) is 5.57 Å². The molecule has 2 amide bonds. The van der Waals surface area contributed by atoms with Crippen molar-refractivity contribution in [2.75, 3.05) is 20.1 Å². The van der Waals surface area contributed by atoms with Crippen LogP contribution in [0.15, 0.2) is 36.4 Å². The Morgan fingerprint density at radius 1 is 1.15 bits per heavy atom. The smallest absolute Gasteiger partial charge is 0.246 e. The van der Waals surface area contributed by atoms with E-state index in [2.05, 4.69) is 23.1 Å². The van der Waals surface area contributed by atoms with Crippen LogP contribution in [-0.2, 0) is 9.59 Å². The van der Waals surface area contributed by atoms with Crippen LogP contribution in [0.1, 0.15) is 18.4 Å². The molecule has 2 heterocycles. The SMILES string of the molecule is CN1C(=O)C[C@@H](N2CC=C(c3ccccc3)CC2)C1=O. The predicted octanol–water partition coefficient (Wildman–Crippen LogP) is 1.53. The Kier molecular flexibility index (Phi) is 3.40. The molecule has 0 radical (unpaired) electrons. The van der Waals surface area contributed by atoms with E-state index in [1.807, 2.05) is 18.2 Å². The van der Waals surface area contributed by atoms with E-state index in [4.69, 9.17) is 0 Å². The number of hydrogen-bond donors (Lipinski definition) is 0. The van der Waals surface area contributed by atoms with E-state index in [-0.39, 0.29) is 17.9 Å². The molecule has 2 aliphatic heterocycles. The number of likely N-dealkylation sites (N-methyl/N-ethyl adjacent to an activating group) is 1. The number of likely N-dealkylation sites (tertiary alicyclic amines) is 1. The van der Waals surface area contributed by atoms with Gasteiger partial charge in [-0.1, -0.05) is 36.4 Å². The van der Waals surface area contributed by atoms with Crippen molar-refractivity contribution in [3.05, 3.63) is 42.0 Å². The second-order valence-electron chi connectivity index (χ2n) is 5.35. The Balaban J connectivity index is 1.71. The molecule has 0 bridgehead atoms. The van der Waals surface area contributed by atoms with E-state index in [0.717, 1.165) is 19.5 Å². The summed E-state index contributed by atoms with van der Waals surface area (Å²) in [6, 6.07) is 10.0. The lowest BCUT2D eigenvalue weighted by Gasteiger charge is -2.30. The second kappa shape index (κ2) is 5.21. The zero-order chi connectivity index (χ0) is 14.1. The number of amides is 2. The van der Waals surface area contributed by atoms with Gasteiger partial charge in [0, 0.05) is 20.1 Å². The Hall–Kier alpha value is -1.94. The van der Waals surface area contributed by atoms with Gasteiger partial charge in [0.1, 0.15) is 0 Å². The Morgan fingerprint density at radius 2 is 1.90 bits per heavy atom. The normalized spacial score (nSPS) is 24.1. The number of nitrogens with zero attached hydrogens (tertiary/aromatic N) is 2. The predicted molar refractivity (Wildman–Crippen MR) is 76.8 cm³/mol. The van der Waals surface area contributed by atoms with Crippen molar-refractivity contribution in [3.8, 4) is 0 Å². The lowest BCUT2D eigenvalue weighted by molar-refractivity contribution is -0.138. The van der Waals surface area contributed by atoms with E-state index < -0.39 is 0 Å². The maximum absolute atomic E-state index is 12.0. The average molecular weight is 270 g/mol. The van der Waals surface area contributed by atoms with Crippen LogP contribution in [0.3, 0.4) is 0 Å². The maximum atomic E-state index is 12.0. The second-order valence-corrected chi connectivity index (χ2v) is 5.35. The molecule has 0 aromatic heterocycles. The molecule has 1 atom stereocenters. The van der Waals surface area contributed by atoms with Gasteiger partial charge < -0.3 is 0 Å². The average Bonchev–Trinajstić information content (AvgIpc) is 2.76. The van der Waals surface area contributed by atoms with Gasteiger partial charge in [-0.25, -0.2) is 0 Å². The number of hydrogen-bond acceptors (Lipinski definition) is 3. The van der Waals surface area contributed by atoms with Crippen molar-refractivity contribution in [1.82, 2.24) is 9.80 Å². The first-order chi connectivity index (χ1) is 9.66. The minimum absolute atomic E-state index is 0.0634. The first kappa shape index (κ1) is 13.1. The zero-order valence-electron chi connectivity index (χ0n) is 11.6. The summed E-state index contributed by atoms with van der Waals surface area (Å²) in [7, 11) is 1.57. The van der Waals surface area contributed by atoms with Crippen molar-refractivity contribution in [3.63, 3.8) is 0 Å². The van der Waals surface area contributed by atoms with Gasteiger partial charge in [-0.05, 0) is 17.6 Å². The van der Waals surface area contributed by atoms with Crippen molar-refractivity contribution in [1.29, 1.82) is 0 Å². The molecule has 3 rings (SSSR count). The molecule has 0 aliphatic carbocycles. The fourth-order valence-electron chi connectivity index (χ4n) is 2.90. The van der Waals surface area contributed by atoms with Gasteiger partial charge in [0.15, 0.2) is 0 Å². The van der Waals surface area contributed by atoms with Crippen molar-refractivity contribution in [2.45, 2.75) is 18.9 Å².